The molecule has 0 aromatic heterocycles. The standard InChI is InChI=1S/C17H24ClN3O/c1-19-10-13-6-17(7-13)8-15(9-17)21-16(22)20-11-12-2-4-14(18)5-3-12/h2-5,13,15,19H,6-11H2,1H3,(H2,20,21,22). The number of benzene rings is 1. The molecule has 1 spiro atoms. The summed E-state index contributed by atoms with van der Waals surface area (Å²) in [5.74, 6) is 0.838. The Hall–Kier alpha value is -1.26. The third kappa shape index (κ3) is 3.55. The Bertz CT molecular complexity index is 517. The topological polar surface area (TPSA) is 53.2 Å². The summed E-state index contributed by atoms with van der Waals surface area (Å²) in [6.45, 7) is 1.66. The SMILES string of the molecule is CNCC1CC2(C1)CC(NC(=O)NCc1ccc(Cl)cc1)C2. The fourth-order valence-corrected chi connectivity index (χ4v) is 4.17. The van der Waals surface area contributed by atoms with Crippen LogP contribution in [0.4, 0.5) is 4.79 Å². The van der Waals surface area contributed by atoms with Crippen molar-refractivity contribution < 1.29 is 4.79 Å². The van der Waals surface area contributed by atoms with Crippen molar-refractivity contribution in [1.82, 2.24) is 16.0 Å². The second kappa shape index (κ2) is 6.47. The van der Waals surface area contributed by atoms with E-state index in [1.807, 2.05) is 31.3 Å². The lowest BCUT2D eigenvalue weighted by Crippen LogP contribution is -2.58. The zero-order valence-corrected chi connectivity index (χ0v) is 13.7. The molecule has 22 heavy (non-hydrogen) atoms. The predicted molar refractivity (Wildman–Crippen MR) is 88.9 cm³/mol. The van der Waals surface area contributed by atoms with E-state index in [-0.39, 0.29) is 6.03 Å². The van der Waals surface area contributed by atoms with Crippen LogP contribution in [0.3, 0.4) is 0 Å². The highest BCUT2D eigenvalue weighted by Gasteiger charge is 2.52. The molecule has 0 atom stereocenters. The molecule has 3 rings (SSSR count). The van der Waals surface area contributed by atoms with Crippen LogP contribution in [0.15, 0.2) is 24.3 Å². The van der Waals surface area contributed by atoms with Crippen LogP contribution in [0.5, 0.6) is 0 Å². The van der Waals surface area contributed by atoms with Gasteiger partial charge in [0, 0.05) is 17.6 Å². The van der Waals surface area contributed by atoms with Crippen LogP contribution in [0.1, 0.15) is 31.2 Å². The fourth-order valence-electron chi connectivity index (χ4n) is 4.04. The van der Waals surface area contributed by atoms with Crippen molar-refractivity contribution in [3.05, 3.63) is 34.9 Å². The Morgan fingerprint density at radius 1 is 1.23 bits per heavy atom. The Kier molecular flexibility index (Phi) is 4.59. The molecule has 2 aliphatic carbocycles. The Morgan fingerprint density at radius 3 is 2.55 bits per heavy atom. The second-order valence-corrected chi connectivity index (χ2v) is 7.33. The van der Waals surface area contributed by atoms with Gasteiger partial charge in [-0.25, -0.2) is 4.79 Å². The van der Waals surface area contributed by atoms with Crippen molar-refractivity contribution in [2.24, 2.45) is 11.3 Å². The summed E-state index contributed by atoms with van der Waals surface area (Å²) in [4.78, 5) is 11.9. The van der Waals surface area contributed by atoms with E-state index in [1.54, 1.807) is 0 Å². The minimum atomic E-state index is -0.0686. The Balaban J connectivity index is 1.33. The molecule has 0 heterocycles. The Labute approximate surface area is 137 Å². The van der Waals surface area contributed by atoms with Gasteiger partial charge in [-0.2, -0.15) is 0 Å². The quantitative estimate of drug-likeness (QED) is 0.781. The highest BCUT2D eigenvalue weighted by molar-refractivity contribution is 6.30. The lowest BCUT2D eigenvalue weighted by molar-refractivity contribution is -0.0443. The lowest BCUT2D eigenvalue weighted by atomic mass is 9.50. The molecule has 1 aromatic carbocycles. The van der Waals surface area contributed by atoms with E-state index in [2.05, 4.69) is 16.0 Å². The molecule has 2 aliphatic rings. The first-order valence-electron chi connectivity index (χ1n) is 8.02. The summed E-state index contributed by atoms with van der Waals surface area (Å²) < 4.78 is 0. The van der Waals surface area contributed by atoms with Crippen LogP contribution in [0, 0.1) is 11.3 Å². The largest absolute Gasteiger partial charge is 0.335 e. The molecule has 120 valence electrons. The minimum Gasteiger partial charge on any atom is -0.335 e. The molecule has 1 aromatic rings. The fraction of sp³-hybridized carbons (Fsp3) is 0.588. The number of hydrogen-bond donors (Lipinski definition) is 3. The van der Waals surface area contributed by atoms with Gasteiger partial charge in [0.05, 0.1) is 0 Å². The molecule has 2 fully saturated rings. The van der Waals surface area contributed by atoms with Crippen LogP contribution < -0.4 is 16.0 Å². The van der Waals surface area contributed by atoms with Gasteiger partial charge in [-0.3, -0.25) is 0 Å². The average molecular weight is 322 g/mol. The van der Waals surface area contributed by atoms with E-state index in [0.29, 0.717) is 23.0 Å². The molecule has 3 N–H and O–H groups in total. The minimum absolute atomic E-state index is 0.0686. The van der Waals surface area contributed by atoms with Crippen LogP contribution in [-0.4, -0.2) is 25.7 Å². The first-order valence-corrected chi connectivity index (χ1v) is 8.40. The van der Waals surface area contributed by atoms with Crippen molar-refractivity contribution in [2.75, 3.05) is 13.6 Å². The molecule has 0 bridgehead atoms. The molecule has 2 amide bonds. The smallest absolute Gasteiger partial charge is 0.315 e. The number of halogens is 1. The number of carbonyl (C=O) groups excluding carboxylic acids is 1. The number of hydrogen-bond acceptors (Lipinski definition) is 2. The summed E-state index contributed by atoms with van der Waals surface area (Å²) >= 11 is 5.84. The molecule has 0 aliphatic heterocycles. The average Bonchev–Trinajstić information content (AvgIpc) is 2.42. The first kappa shape index (κ1) is 15.6. The molecular formula is C17H24ClN3O. The maximum absolute atomic E-state index is 11.9. The van der Waals surface area contributed by atoms with Gasteiger partial charge in [-0.15, -0.1) is 0 Å². The van der Waals surface area contributed by atoms with Crippen molar-refractivity contribution >= 4 is 17.6 Å². The highest BCUT2D eigenvalue weighted by Crippen LogP contribution is 2.58. The molecule has 4 nitrogen and oxygen atoms in total. The van der Waals surface area contributed by atoms with E-state index in [1.165, 1.54) is 12.8 Å². The molecule has 5 heteroatoms. The maximum Gasteiger partial charge on any atom is 0.315 e. The van der Waals surface area contributed by atoms with E-state index in [9.17, 15) is 4.79 Å². The van der Waals surface area contributed by atoms with Gasteiger partial charge in [0.1, 0.15) is 0 Å². The zero-order valence-electron chi connectivity index (χ0n) is 13.0. The summed E-state index contributed by atoms with van der Waals surface area (Å²) in [5.41, 5.74) is 1.59. The number of rotatable bonds is 5. The van der Waals surface area contributed by atoms with Crippen molar-refractivity contribution in [3.8, 4) is 0 Å². The summed E-state index contributed by atoms with van der Waals surface area (Å²) in [7, 11) is 2.02. The van der Waals surface area contributed by atoms with E-state index >= 15 is 0 Å². The summed E-state index contributed by atoms with van der Waals surface area (Å²) in [6, 6.07) is 7.81. The lowest BCUT2D eigenvalue weighted by Gasteiger charge is -2.58. The van der Waals surface area contributed by atoms with Crippen molar-refractivity contribution in [3.63, 3.8) is 0 Å². The number of amides is 2. The van der Waals surface area contributed by atoms with E-state index in [4.69, 9.17) is 11.6 Å². The highest BCUT2D eigenvalue weighted by atomic mass is 35.5. The second-order valence-electron chi connectivity index (χ2n) is 6.89. The molecule has 2 saturated carbocycles. The van der Waals surface area contributed by atoms with Crippen LogP contribution >= 0.6 is 11.6 Å². The third-order valence-corrected chi connectivity index (χ3v) is 5.25. The summed E-state index contributed by atoms with van der Waals surface area (Å²) in [6.07, 6.45) is 4.92. The van der Waals surface area contributed by atoms with Crippen molar-refractivity contribution in [2.45, 2.75) is 38.3 Å². The number of urea groups is 1. The molecule has 0 saturated heterocycles. The van der Waals surface area contributed by atoms with Gasteiger partial charge >= 0.3 is 6.03 Å². The summed E-state index contributed by atoms with van der Waals surface area (Å²) in [5, 5.41) is 9.94. The van der Waals surface area contributed by atoms with Crippen molar-refractivity contribution in [1.29, 1.82) is 0 Å². The monoisotopic (exact) mass is 321 g/mol. The van der Waals surface area contributed by atoms with E-state index < -0.39 is 0 Å². The Morgan fingerprint density at radius 2 is 1.91 bits per heavy atom. The van der Waals surface area contributed by atoms with Gasteiger partial charge in [-0.05, 0) is 68.3 Å². The molecular weight excluding hydrogens is 298 g/mol. The van der Waals surface area contributed by atoms with Crippen LogP contribution in [-0.2, 0) is 6.54 Å². The maximum atomic E-state index is 11.9. The first-order chi connectivity index (χ1) is 10.6. The third-order valence-electron chi connectivity index (χ3n) is 5.00. The van der Waals surface area contributed by atoms with Gasteiger partial charge in [-0.1, -0.05) is 23.7 Å². The van der Waals surface area contributed by atoms with Crippen LogP contribution in [0.2, 0.25) is 5.02 Å². The van der Waals surface area contributed by atoms with E-state index in [0.717, 1.165) is 30.9 Å². The van der Waals surface area contributed by atoms with Crippen LogP contribution in [0.25, 0.3) is 0 Å². The zero-order chi connectivity index (χ0) is 15.6. The predicted octanol–water partition coefficient (Wildman–Crippen LogP) is 2.92. The van der Waals surface area contributed by atoms with Gasteiger partial charge in [0.25, 0.3) is 0 Å². The normalized spacial score (nSPS) is 29.5. The number of nitrogens with one attached hydrogen (secondary N) is 3. The number of carbonyl (C=O) groups is 1. The molecule has 0 unspecified atom stereocenters. The molecule has 0 radical (unpaired) electrons. The van der Waals surface area contributed by atoms with Gasteiger partial charge in [0.15, 0.2) is 0 Å². The van der Waals surface area contributed by atoms with Gasteiger partial charge in [0.2, 0.25) is 0 Å². The van der Waals surface area contributed by atoms with Gasteiger partial charge < -0.3 is 16.0 Å².